The molecule has 0 unspecified atom stereocenters. The van der Waals surface area contributed by atoms with E-state index in [0.29, 0.717) is 17.2 Å². The number of rotatable bonds is 4. The van der Waals surface area contributed by atoms with E-state index >= 15 is 0 Å². The van der Waals surface area contributed by atoms with Crippen LogP contribution in [0.15, 0.2) is 12.1 Å². The Kier molecular flexibility index (Phi) is 4.34. The van der Waals surface area contributed by atoms with E-state index in [1.54, 1.807) is 26.3 Å². The number of anilines is 1. The van der Waals surface area contributed by atoms with Crippen LogP contribution in [-0.4, -0.2) is 38.9 Å². The monoisotopic (exact) mass is 239 g/mol. The Bertz CT molecular complexity index is 417. The van der Waals surface area contributed by atoms with Gasteiger partial charge in [-0.25, -0.2) is 0 Å². The number of hydrogen-bond donors (Lipinski definition) is 1. The molecular formula is C12H17NO4. The van der Waals surface area contributed by atoms with Crippen LogP contribution >= 0.6 is 0 Å². The van der Waals surface area contributed by atoms with Crippen molar-refractivity contribution in [3.05, 3.63) is 17.7 Å². The normalized spacial score (nSPS) is 9.94. The molecule has 0 aliphatic heterocycles. The molecule has 0 radical (unpaired) electrons. The topological polar surface area (TPSA) is 59.0 Å². The SMILES string of the molecule is COc1cc(C)c(N(C)C(=O)CO)c(OC)c1. The molecule has 1 amide bonds. The van der Waals surface area contributed by atoms with Gasteiger partial charge in [0, 0.05) is 13.1 Å². The molecule has 17 heavy (non-hydrogen) atoms. The summed E-state index contributed by atoms with van der Waals surface area (Å²) in [5, 5.41) is 8.87. The second-order valence-electron chi connectivity index (χ2n) is 3.61. The third kappa shape index (κ3) is 2.68. The number of ether oxygens (including phenoxy) is 2. The number of likely N-dealkylation sites (N-methyl/N-ethyl adjacent to an activating group) is 1. The van der Waals surface area contributed by atoms with Crippen LogP contribution in [0.4, 0.5) is 5.69 Å². The lowest BCUT2D eigenvalue weighted by molar-refractivity contribution is -0.121. The summed E-state index contributed by atoms with van der Waals surface area (Å²) in [7, 11) is 4.68. The van der Waals surface area contributed by atoms with Gasteiger partial charge in [-0.05, 0) is 18.6 Å². The average Bonchev–Trinajstić information content (AvgIpc) is 2.35. The number of aliphatic hydroxyl groups excluding tert-OH is 1. The lowest BCUT2D eigenvalue weighted by atomic mass is 10.1. The highest BCUT2D eigenvalue weighted by Crippen LogP contribution is 2.35. The molecule has 0 aliphatic carbocycles. The van der Waals surface area contributed by atoms with Gasteiger partial charge in [-0.3, -0.25) is 4.79 Å². The van der Waals surface area contributed by atoms with Crippen LogP contribution in [0.5, 0.6) is 11.5 Å². The van der Waals surface area contributed by atoms with E-state index in [9.17, 15) is 4.79 Å². The molecule has 1 rings (SSSR count). The molecule has 0 aliphatic rings. The Morgan fingerprint density at radius 2 is 2.00 bits per heavy atom. The number of methoxy groups -OCH3 is 2. The summed E-state index contributed by atoms with van der Waals surface area (Å²) in [6.07, 6.45) is 0. The Labute approximate surface area is 101 Å². The van der Waals surface area contributed by atoms with Gasteiger partial charge in [0.2, 0.25) is 0 Å². The van der Waals surface area contributed by atoms with E-state index in [-0.39, 0.29) is 0 Å². The summed E-state index contributed by atoms with van der Waals surface area (Å²) >= 11 is 0. The molecule has 0 saturated heterocycles. The lowest BCUT2D eigenvalue weighted by Gasteiger charge is -2.22. The number of aryl methyl sites for hydroxylation is 1. The average molecular weight is 239 g/mol. The largest absolute Gasteiger partial charge is 0.497 e. The molecule has 0 atom stereocenters. The molecule has 0 fully saturated rings. The summed E-state index contributed by atoms with van der Waals surface area (Å²) < 4.78 is 10.4. The van der Waals surface area contributed by atoms with Crippen molar-refractivity contribution in [2.24, 2.45) is 0 Å². The minimum Gasteiger partial charge on any atom is -0.497 e. The Morgan fingerprint density at radius 3 is 2.47 bits per heavy atom. The van der Waals surface area contributed by atoms with Crippen LogP contribution < -0.4 is 14.4 Å². The van der Waals surface area contributed by atoms with Gasteiger partial charge in [0.1, 0.15) is 18.1 Å². The van der Waals surface area contributed by atoms with Gasteiger partial charge in [0.25, 0.3) is 5.91 Å². The van der Waals surface area contributed by atoms with Gasteiger partial charge in [-0.2, -0.15) is 0 Å². The number of benzene rings is 1. The van der Waals surface area contributed by atoms with Crippen molar-refractivity contribution in [2.45, 2.75) is 6.92 Å². The molecule has 0 spiro atoms. The van der Waals surface area contributed by atoms with Crippen molar-refractivity contribution < 1.29 is 19.4 Å². The highest BCUT2D eigenvalue weighted by molar-refractivity contribution is 5.96. The fourth-order valence-electron chi connectivity index (χ4n) is 1.65. The van der Waals surface area contributed by atoms with Gasteiger partial charge in [0.05, 0.1) is 19.9 Å². The first-order chi connectivity index (χ1) is 8.04. The van der Waals surface area contributed by atoms with E-state index in [4.69, 9.17) is 14.6 Å². The minimum atomic E-state index is -0.537. The molecule has 0 heterocycles. The number of amides is 1. The maximum atomic E-state index is 11.5. The van der Waals surface area contributed by atoms with E-state index in [1.165, 1.54) is 12.0 Å². The Morgan fingerprint density at radius 1 is 1.35 bits per heavy atom. The number of carbonyl (C=O) groups is 1. The van der Waals surface area contributed by atoms with Crippen molar-refractivity contribution in [1.29, 1.82) is 0 Å². The maximum absolute atomic E-state index is 11.5. The molecule has 94 valence electrons. The summed E-state index contributed by atoms with van der Waals surface area (Å²) in [5.41, 5.74) is 1.47. The van der Waals surface area contributed by atoms with Crippen LogP contribution in [0.2, 0.25) is 0 Å². The van der Waals surface area contributed by atoms with Crippen LogP contribution in [0.3, 0.4) is 0 Å². The molecule has 0 saturated carbocycles. The zero-order valence-corrected chi connectivity index (χ0v) is 10.5. The summed E-state index contributed by atoms with van der Waals surface area (Å²) in [4.78, 5) is 12.8. The van der Waals surface area contributed by atoms with Gasteiger partial charge in [0.15, 0.2) is 0 Å². The molecule has 1 N–H and O–H groups in total. The van der Waals surface area contributed by atoms with Crippen LogP contribution in [0.25, 0.3) is 0 Å². The van der Waals surface area contributed by atoms with Gasteiger partial charge < -0.3 is 19.5 Å². The third-order valence-corrected chi connectivity index (χ3v) is 2.54. The summed E-state index contributed by atoms with van der Waals surface area (Å²) in [6.45, 7) is 1.31. The minimum absolute atomic E-state index is 0.392. The van der Waals surface area contributed by atoms with Crippen molar-refractivity contribution in [1.82, 2.24) is 0 Å². The highest BCUT2D eigenvalue weighted by Gasteiger charge is 2.18. The molecule has 1 aromatic carbocycles. The fraction of sp³-hybridized carbons (Fsp3) is 0.417. The smallest absolute Gasteiger partial charge is 0.252 e. The van der Waals surface area contributed by atoms with E-state index < -0.39 is 12.5 Å². The first-order valence-electron chi connectivity index (χ1n) is 5.15. The quantitative estimate of drug-likeness (QED) is 0.850. The van der Waals surface area contributed by atoms with Crippen molar-refractivity contribution >= 4 is 11.6 Å². The zero-order chi connectivity index (χ0) is 13.0. The summed E-state index contributed by atoms with van der Waals surface area (Å²) in [6, 6.07) is 3.50. The van der Waals surface area contributed by atoms with Crippen LogP contribution in [0, 0.1) is 6.92 Å². The van der Waals surface area contributed by atoms with Gasteiger partial charge in [-0.1, -0.05) is 0 Å². The predicted molar refractivity (Wildman–Crippen MR) is 64.8 cm³/mol. The molecule has 1 aromatic rings. The number of aliphatic hydroxyl groups is 1. The zero-order valence-electron chi connectivity index (χ0n) is 10.5. The molecule has 0 aromatic heterocycles. The Balaban J connectivity index is 3.27. The predicted octanol–water partition coefficient (Wildman–Crippen LogP) is 0.967. The molecule has 5 heteroatoms. The number of nitrogens with zero attached hydrogens (tertiary/aromatic N) is 1. The molecule has 0 bridgehead atoms. The number of carbonyl (C=O) groups excluding carboxylic acids is 1. The van der Waals surface area contributed by atoms with Crippen molar-refractivity contribution in [3.63, 3.8) is 0 Å². The van der Waals surface area contributed by atoms with E-state index in [1.807, 2.05) is 6.92 Å². The van der Waals surface area contributed by atoms with Crippen LogP contribution in [-0.2, 0) is 4.79 Å². The molecular weight excluding hydrogens is 222 g/mol. The second-order valence-corrected chi connectivity index (χ2v) is 3.61. The van der Waals surface area contributed by atoms with Gasteiger partial charge in [-0.15, -0.1) is 0 Å². The van der Waals surface area contributed by atoms with Crippen molar-refractivity contribution in [2.75, 3.05) is 32.8 Å². The standard InChI is InChI=1S/C12H17NO4/c1-8-5-9(16-3)6-10(17-4)12(8)13(2)11(15)7-14/h5-6,14H,7H2,1-4H3. The number of hydrogen-bond acceptors (Lipinski definition) is 4. The van der Waals surface area contributed by atoms with E-state index in [2.05, 4.69) is 0 Å². The lowest BCUT2D eigenvalue weighted by Crippen LogP contribution is -2.29. The van der Waals surface area contributed by atoms with Gasteiger partial charge >= 0.3 is 0 Å². The third-order valence-electron chi connectivity index (χ3n) is 2.54. The fourth-order valence-corrected chi connectivity index (χ4v) is 1.65. The second kappa shape index (κ2) is 5.54. The van der Waals surface area contributed by atoms with Crippen LogP contribution in [0.1, 0.15) is 5.56 Å². The summed E-state index contributed by atoms with van der Waals surface area (Å²) in [5.74, 6) is 0.802. The molecule has 5 nitrogen and oxygen atoms in total. The van der Waals surface area contributed by atoms with E-state index in [0.717, 1.165) is 5.56 Å². The Hall–Kier alpha value is -1.75. The van der Waals surface area contributed by atoms with Crippen molar-refractivity contribution in [3.8, 4) is 11.5 Å². The first kappa shape index (κ1) is 13.3. The maximum Gasteiger partial charge on any atom is 0.252 e. The highest BCUT2D eigenvalue weighted by atomic mass is 16.5. The first-order valence-corrected chi connectivity index (χ1v) is 5.15.